The quantitative estimate of drug-likeness (QED) is 0.666. The molecule has 0 bridgehead atoms. The minimum atomic E-state index is -1.19. The van der Waals surface area contributed by atoms with Gasteiger partial charge in [-0.15, -0.1) is 10.2 Å². The Labute approximate surface area is 127 Å². The number of carbonyl (C=O) groups excluding carboxylic acids is 1. The zero-order valence-corrected chi connectivity index (χ0v) is 13.1. The van der Waals surface area contributed by atoms with E-state index in [1.807, 2.05) is 20.8 Å². The van der Waals surface area contributed by atoms with Gasteiger partial charge in [0.2, 0.25) is 5.78 Å². The van der Waals surface area contributed by atoms with Crippen molar-refractivity contribution < 1.29 is 15.0 Å². The molecule has 1 saturated heterocycles. The Morgan fingerprint density at radius 1 is 1.38 bits per heavy atom. The monoisotopic (exact) mass is 314 g/mol. The van der Waals surface area contributed by atoms with Gasteiger partial charge < -0.3 is 10.2 Å². The largest absolute Gasteiger partial charge is 0.374 e. The van der Waals surface area contributed by atoms with Gasteiger partial charge >= 0.3 is 0 Å². The van der Waals surface area contributed by atoms with Crippen LogP contribution in [0.1, 0.15) is 36.8 Å². The minimum absolute atomic E-state index is 0.134. The van der Waals surface area contributed by atoms with Crippen LogP contribution in [0.3, 0.4) is 0 Å². The molecule has 2 rings (SSSR count). The van der Waals surface area contributed by atoms with E-state index in [1.165, 1.54) is 11.9 Å². The van der Waals surface area contributed by atoms with Gasteiger partial charge in [0.1, 0.15) is 24.3 Å². The van der Waals surface area contributed by atoms with E-state index in [-0.39, 0.29) is 22.0 Å². The van der Waals surface area contributed by atoms with Crippen LogP contribution >= 0.6 is 11.6 Å². The van der Waals surface area contributed by atoms with E-state index >= 15 is 0 Å². The van der Waals surface area contributed by atoms with Crippen molar-refractivity contribution in [2.24, 2.45) is 0 Å². The van der Waals surface area contributed by atoms with Crippen LogP contribution in [0.2, 0.25) is 5.15 Å². The summed E-state index contributed by atoms with van der Waals surface area (Å²) in [4.78, 5) is 13.8. The molecule has 2 heterocycles. The fraction of sp³-hybridized carbons (Fsp3) is 0.615. The highest BCUT2D eigenvalue weighted by atomic mass is 35.5. The standard InChI is InChI=1S/C13H19ClN4O3/c1-13(2,3)6-5-7(16-17-9(6)14)8(19)10-15-11(20)12(21)18(10)4/h5,10-12,15,20-21H,1-4H3. The van der Waals surface area contributed by atoms with Gasteiger partial charge in [-0.05, 0) is 24.1 Å². The first kappa shape index (κ1) is 16.3. The van der Waals surface area contributed by atoms with Crippen LogP contribution in [0, 0.1) is 0 Å². The molecule has 1 aromatic heterocycles. The van der Waals surface area contributed by atoms with Gasteiger partial charge in [0.25, 0.3) is 0 Å². The molecule has 1 fully saturated rings. The summed E-state index contributed by atoms with van der Waals surface area (Å²) in [6.45, 7) is 5.87. The molecule has 0 amide bonds. The smallest absolute Gasteiger partial charge is 0.214 e. The number of aromatic nitrogens is 2. The third-order valence-corrected chi connectivity index (χ3v) is 3.77. The topological polar surface area (TPSA) is 98.6 Å². The lowest BCUT2D eigenvalue weighted by Gasteiger charge is -2.22. The Hall–Kier alpha value is -1.12. The lowest BCUT2D eigenvalue weighted by atomic mass is 9.88. The van der Waals surface area contributed by atoms with Crippen molar-refractivity contribution in [2.75, 3.05) is 7.05 Å². The van der Waals surface area contributed by atoms with Crippen LogP contribution < -0.4 is 5.32 Å². The number of rotatable bonds is 2. The molecule has 3 unspecified atom stereocenters. The maximum Gasteiger partial charge on any atom is 0.214 e. The van der Waals surface area contributed by atoms with E-state index in [1.54, 1.807) is 6.07 Å². The van der Waals surface area contributed by atoms with Crippen molar-refractivity contribution in [1.29, 1.82) is 0 Å². The number of likely N-dealkylation sites (N-methyl/N-ethyl adjacent to an activating group) is 1. The van der Waals surface area contributed by atoms with Crippen LogP contribution in [0.25, 0.3) is 0 Å². The van der Waals surface area contributed by atoms with E-state index in [2.05, 4.69) is 15.5 Å². The summed E-state index contributed by atoms with van der Waals surface area (Å²) in [5, 5.41) is 29.7. The van der Waals surface area contributed by atoms with Gasteiger partial charge in [-0.1, -0.05) is 32.4 Å². The van der Waals surface area contributed by atoms with E-state index in [0.29, 0.717) is 5.56 Å². The number of halogens is 1. The van der Waals surface area contributed by atoms with Gasteiger partial charge in [-0.25, -0.2) is 0 Å². The first-order chi connectivity index (χ1) is 9.62. The zero-order chi connectivity index (χ0) is 15.9. The van der Waals surface area contributed by atoms with Crippen molar-refractivity contribution >= 4 is 17.4 Å². The molecule has 1 aliphatic rings. The number of nitrogens with zero attached hydrogens (tertiary/aromatic N) is 3. The van der Waals surface area contributed by atoms with Crippen LogP contribution in [-0.2, 0) is 5.41 Å². The molecule has 21 heavy (non-hydrogen) atoms. The average molecular weight is 315 g/mol. The summed E-state index contributed by atoms with van der Waals surface area (Å²) in [6.07, 6.45) is -3.20. The SMILES string of the molecule is CN1C(C(=O)c2cc(C(C)(C)C)c(Cl)nn2)NC(O)C1O. The summed E-state index contributed by atoms with van der Waals surface area (Å²) < 4.78 is 0. The number of hydrogen-bond acceptors (Lipinski definition) is 7. The highest BCUT2D eigenvalue weighted by molar-refractivity contribution is 6.30. The minimum Gasteiger partial charge on any atom is -0.374 e. The summed E-state index contributed by atoms with van der Waals surface area (Å²) in [7, 11) is 1.53. The second-order valence-corrected chi connectivity index (χ2v) is 6.50. The number of ketones is 1. The molecule has 1 aromatic rings. The maximum absolute atomic E-state index is 12.5. The van der Waals surface area contributed by atoms with Crippen LogP contribution in [0.4, 0.5) is 0 Å². The Morgan fingerprint density at radius 3 is 2.48 bits per heavy atom. The summed E-state index contributed by atoms with van der Waals surface area (Å²) in [5.41, 5.74) is 0.565. The molecule has 3 atom stereocenters. The second kappa shape index (κ2) is 5.58. The molecule has 0 aromatic carbocycles. The molecule has 0 aliphatic carbocycles. The number of hydrogen-bond donors (Lipinski definition) is 3. The van der Waals surface area contributed by atoms with E-state index in [4.69, 9.17) is 11.6 Å². The Balaban J connectivity index is 2.33. The highest BCUT2D eigenvalue weighted by Crippen LogP contribution is 2.28. The lowest BCUT2D eigenvalue weighted by molar-refractivity contribution is -0.0327. The number of Topliss-reactive ketones (excluding diaryl/α,β-unsaturated/α-hetero) is 1. The predicted molar refractivity (Wildman–Crippen MR) is 76.8 cm³/mol. The third kappa shape index (κ3) is 3.07. The lowest BCUT2D eigenvalue weighted by Crippen LogP contribution is -2.43. The Kier molecular flexibility index (Phi) is 4.32. The van der Waals surface area contributed by atoms with Crippen molar-refractivity contribution in [3.8, 4) is 0 Å². The average Bonchev–Trinajstić information content (AvgIpc) is 2.65. The molecule has 8 heteroatoms. The molecule has 1 aliphatic heterocycles. The fourth-order valence-electron chi connectivity index (χ4n) is 2.16. The first-order valence-electron chi connectivity index (χ1n) is 6.55. The molecule has 116 valence electrons. The van der Waals surface area contributed by atoms with Crippen LogP contribution in [-0.4, -0.2) is 56.8 Å². The van der Waals surface area contributed by atoms with E-state index < -0.39 is 18.6 Å². The molecular weight excluding hydrogens is 296 g/mol. The van der Waals surface area contributed by atoms with Crippen molar-refractivity contribution in [1.82, 2.24) is 20.4 Å². The molecule has 7 nitrogen and oxygen atoms in total. The summed E-state index contributed by atoms with van der Waals surface area (Å²) in [6, 6.07) is 1.60. The first-order valence-corrected chi connectivity index (χ1v) is 6.93. The highest BCUT2D eigenvalue weighted by Gasteiger charge is 2.41. The van der Waals surface area contributed by atoms with Crippen molar-refractivity contribution in [3.05, 3.63) is 22.5 Å². The summed E-state index contributed by atoms with van der Waals surface area (Å²) >= 11 is 6.03. The fourth-order valence-corrected chi connectivity index (χ4v) is 2.54. The Morgan fingerprint density at radius 2 is 2.00 bits per heavy atom. The molecular formula is C13H19ClN4O3. The van der Waals surface area contributed by atoms with Gasteiger partial charge in [0.05, 0.1) is 0 Å². The van der Waals surface area contributed by atoms with Crippen molar-refractivity contribution in [2.45, 2.75) is 44.8 Å². The van der Waals surface area contributed by atoms with Crippen LogP contribution in [0.15, 0.2) is 6.07 Å². The number of nitrogens with one attached hydrogen (secondary N) is 1. The van der Waals surface area contributed by atoms with Gasteiger partial charge in [0, 0.05) is 0 Å². The number of aliphatic hydroxyl groups excluding tert-OH is 2. The number of carbonyl (C=O) groups is 1. The van der Waals surface area contributed by atoms with Crippen LogP contribution in [0.5, 0.6) is 0 Å². The number of aliphatic hydroxyl groups is 2. The molecule has 0 radical (unpaired) electrons. The second-order valence-electron chi connectivity index (χ2n) is 6.14. The third-order valence-electron chi connectivity index (χ3n) is 3.49. The molecule has 3 N–H and O–H groups in total. The normalized spacial score (nSPS) is 27.1. The Bertz CT molecular complexity index is 561. The van der Waals surface area contributed by atoms with Gasteiger partial charge in [-0.2, -0.15) is 0 Å². The predicted octanol–water partition coefficient (Wildman–Crippen LogP) is 0.108. The zero-order valence-electron chi connectivity index (χ0n) is 12.3. The molecule has 0 spiro atoms. The van der Waals surface area contributed by atoms with Gasteiger partial charge in [0.15, 0.2) is 5.15 Å². The van der Waals surface area contributed by atoms with E-state index in [0.717, 1.165) is 0 Å². The maximum atomic E-state index is 12.5. The van der Waals surface area contributed by atoms with E-state index in [9.17, 15) is 15.0 Å². The van der Waals surface area contributed by atoms with Gasteiger partial charge in [-0.3, -0.25) is 15.0 Å². The summed E-state index contributed by atoms with van der Waals surface area (Å²) in [5.74, 6) is -0.386. The van der Waals surface area contributed by atoms with Crippen molar-refractivity contribution in [3.63, 3.8) is 0 Å². The molecule has 0 saturated carbocycles.